The molecule has 5 nitrogen and oxygen atoms in total. The first-order valence-electron chi connectivity index (χ1n) is 8.40. The van der Waals surface area contributed by atoms with Gasteiger partial charge in [0.2, 0.25) is 0 Å². The van der Waals surface area contributed by atoms with Gasteiger partial charge in [0, 0.05) is 23.0 Å². The third kappa shape index (κ3) is 3.77. The van der Waals surface area contributed by atoms with E-state index in [9.17, 15) is 14.4 Å². The number of ketones is 2. The van der Waals surface area contributed by atoms with Crippen molar-refractivity contribution in [2.75, 3.05) is 0 Å². The van der Waals surface area contributed by atoms with Crippen LogP contribution >= 0.6 is 0 Å². The standard InChI is InChI=1S/C21H20N2O3/c1-21(2,3)18(24)10-13-4-6-14(7-5-13)20(26)15-8-9-16-17(11-15)23-19(25)12-22-16/h4-9,11-12H,10H2,1-3H3,(H,23,25). The molecule has 0 amide bonds. The number of aromatic amines is 1. The lowest BCUT2D eigenvalue weighted by Crippen LogP contribution is -2.22. The van der Waals surface area contributed by atoms with Crippen LogP contribution in [0.2, 0.25) is 0 Å². The van der Waals surface area contributed by atoms with Crippen molar-refractivity contribution in [3.63, 3.8) is 0 Å². The zero-order valence-electron chi connectivity index (χ0n) is 15.0. The molecule has 1 heterocycles. The molecule has 0 saturated carbocycles. The Morgan fingerprint density at radius 1 is 1.00 bits per heavy atom. The average Bonchev–Trinajstić information content (AvgIpc) is 2.60. The first kappa shape index (κ1) is 17.7. The van der Waals surface area contributed by atoms with E-state index in [1.54, 1.807) is 42.5 Å². The molecule has 0 aliphatic carbocycles. The fourth-order valence-electron chi connectivity index (χ4n) is 2.57. The van der Waals surface area contributed by atoms with Crippen LogP contribution in [0.5, 0.6) is 0 Å². The summed E-state index contributed by atoms with van der Waals surface area (Å²) in [4.78, 5) is 42.9. The number of nitrogens with one attached hydrogen (secondary N) is 1. The quantitative estimate of drug-likeness (QED) is 0.734. The van der Waals surface area contributed by atoms with Gasteiger partial charge in [-0.3, -0.25) is 14.4 Å². The normalized spacial score (nSPS) is 11.5. The molecule has 0 unspecified atom stereocenters. The lowest BCUT2D eigenvalue weighted by molar-refractivity contribution is -0.125. The van der Waals surface area contributed by atoms with Gasteiger partial charge in [0.05, 0.1) is 17.2 Å². The molecule has 2 aromatic carbocycles. The van der Waals surface area contributed by atoms with Crippen molar-refractivity contribution >= 4 is 22.6 Å². The van der Waals surface area contributed by atoms with Gasteiger partial charge in [-0.05, 0) is 23.8 Å². The second kappa shape index (κ2) is 6.67. The maximum atomic E-state index is 12.7. The first-order valence-corrected chi connectivity index (χ1v) is 8.40. The van der Waals surface area contributed by atoms with E-state index in [4.69, 9.17) is 0 Å². The van der Waals surface area contributed by atoms with Gasteiger partial charge in [-0.1, -0.05) is 45.0 Å². The molecular formula is C21H20N2O3. The van der Waals surface area contributed by atoms with Crippen molar-refractivity contribution in [3.05, 3.63) is 75.7 Å². The van der Waals surface area contributed by atoms with E-state index in [-0.39, 0.29) is 22.5 Å². The van der Waals surface area contributed by atoms with E-state index in [0.29, 0.717) is 28.6 Å². The predicted octanol–water partition coefficient (Wildman–Crippen LogP) is 3.31. The highest BCUT2D eigenvalue weighted by Gasteiger charge is 2.21. The molecule has 3 aromatic rings. The number of H-pyrrole nitrogens is 1. The van der Waals surface area contributed by atoms with Crippen LogP contribution in [0.4, 0.5) is 0 Å². The summed E-state index contributed by atoms with van der Waals surface area (Å²) in [5, 5.41) is 0. The lowest BCUT2D eigenvalue weighted by Gasteiger charge is -2.16. The fourth-order valence-corrected chi connectivity index (χ4v) is 2.57. The predicted molar refractivity (Wildman–Crippen MR) is 100 cm³/mol. The molecule has 0 bridgehead atoms. The molecule has 0 spiro atoms. The topological polar surface area (TPSA) is 79.9 Å². The molecule has 0 radical (unpaired) electrons. The van der Waals surface area contributed by atoms with Crippen LogP contribution in [0.15, 0.2) is 53.5 Å². The van der Waals surface area contributed by atoms with Crippen molar-refractivity contribution in [3.8, 4) is 0 Å². The molecule has 0 atom stereocenters. The second-order valence-corrected chi connectivity index (χ2v) is 7.36. The van der Waals surface area contributed by atoms with Gasteiger partial charge in [-0.25, -0.2) is 4.98 Å². The number of carbonyl (C=O) groups excluding carboxylic acids is 2. The first-order chi connectivity index (χ1) is 12.2. The molecule has 1 aromatic heterocycles. The summed E-state index contributed by atoms with van der Waals surface area (Å²) in [5.41, 5.74) is 2.34. The monoisotopic (exact) mass is 348 g/mol. The van der Waals surface area contributed by atoms with Crippen LogP contribution in [0, 0.1) is 5.41 Å². The van der Waals surface area contributed by atoms with Crippen LogP contribution < -0.4 is 5.56 Å². The van der Waals surface area contributed by atoms with Crippen LogP contribution in [-0.2, 0) is 11.2 Å². The van der Waals surface area contributed by atoms with E-state index < -0.39 is 0 Å². The van der Waals surface area contributed by atoms with E-state index in [1.165, 1.54) is 6.20 Å². The smallest absolute Gasteiger partial charge is 0.266 e. The molecule has 26 heavy (non-hydrogen) atoms. The zero-order valence-corrected chi connectivity index (χ0v) is 15.0. The summed E-state index contributed by atoms with van der Waals surface area (Å²) < 4.78 is 0. The van der Waals surface area contributed by atoms with E-state index >= 15 is 0 Å². The lowest BCUT2D eigenvalue weighted by atomic mass is 9.87. The van der Waals surface area contributed by atoms with Crippen molar-refractivity contribution in [1.82, 2.24) is 9.97 Å². The Bertz CT molecular complexity index is 1040. The van der Waals surface area contributed by atoms with Crippen LogP contribution in [0.3, 0.4) is 0 Å². The molecule has 0 fully saturated rings. The summed E-state index contributed by atoms with van der Waals surface area (Å²) >= 11 is 0. The zero-order chi connectivity index (χ0) is 18.9. The number of hydrogen-bond acceptors (Lipinski definition) is 4. The Morgan fingerprint density at radius 2 is 1.65 bits per heavy atom. The van der Waals surface area contributed by atoms with Gasteiger partial charge in [0.25, 0.3) is 5.56 Å². The summed E-state index contributed by atoms with van der Waals surface area (Å²) in [5.74, 6) is 0.00728. The Hall–Kier alpha value is -3.08. The minimum Gasteiger partial charge on any atom is -0.319 e. The van der Waals surface area contributed by atoms with Crippen molar-refractivity contribution < 1.29 is 9.59 Å². The van der Waals surface area contributed by atoms with Crippen molar-refractivity contribution in [2.45, 2.75) is 27.2 Å². The van der Waals surface area contributed by atoms with E-state index in [0.717, 1.165) is 5.56 Å². The van der Waals surface area contributed by atoms with Crippen LogP contribution in [0.25, 0.3) is 11.0 Å². The van der Waals surface area contributed by atoms with Gasteiger partial charge in [0.15, 0.2) is 5.78 Å². The highest BCUT2D eigenvalue weighted by atomic mass is 16.1. The third-order valence-electron chi connectivity index (χ3n) is 4.25. The van der Waals surface area contributed by atoms with Gasteiger partial charge in [-0.15, -0.1) is 0 Å². The van der Waals surface area contributed by atoms with Gasteiger partial charge in [-0.2, -0.15) is 0 Å². The summed E-state index contributed by atoms with van der Waals surface area (Å²) in [6, 6.07) is 12.1. The van der Waals surface area contributed by atoms with Crippen molar-refractivity contribution in [1.29, 1.82) is 0 Å². The number of aromatic nitrogens is 2. The average molecular weight is 348 g/mol. The van der Waals surface area contributed by atoms with Gasteiger partial charge < -0.3 is 4.98 Å². The van der Waals surface area contributed by atoms with Crippen LogP contribution in [0.1, 0.15) is 42.3 Å². The Kier molecular flexibility index (Phi) is 4.55. The largest absolute Gasteiger partial charge is 0.319 e. The van der Waals surface area contributed by atoms with E-state index in [2.05, 4.69) is 9.97 Å². The second-order valence-electron chi connectivity index (χ2n) is 7.36. The minimum atomic E-state index is -0.384. The number of hydrogen-bond donors (Lipinski definition) is 1. The Morgan fingerprint density at radius 3 is 2.31 bits per heavy atom. The minimum absolute atomic E-state index is 0.148. The molecule has 1 N–H and O–H groups in total. The van der Waals surface area contributed by atoms with Crippen molar-refractivity contribution in [2.24, 2.45) is 5.41 Å². The number of fused-ring (bicyclic) bond motifs is 1. The van der Waals surface area contributed by atoms with E-state index in [1.807, 2.05) is 20.8 Å². The number of benzene rings is 2. The number of rotatable bonds is 4. The SMILES string of the molecule is CC(C)(C)C(=O)Cc1ccc(C(=O)c2ccc3ncc(=O)[nH]c3c2)cc1. The maximum absolute atomic E-state index is 12.7. The number of carbonyl (C=O) groups is 2. The molecule has 132 valence electrons. The summed E-state index contributed by atoms with van der Waals surface area (Å²) in [6.07, 6.45) is 1.56. The summed E-state index contributed by atoms with van der Waals surface area (Å²) in [6.45, 7) is 5.68. The highest BCUT2D eigenvalue weighted by molar-refractivity contribution is 6.10. The molecule has 0 aliphatic rings. The number of nitrogens with zero attached hydrogens (tertiary/aromatic N) is 1. The molecule has 3 rings (SSSR count). The Balaban J connectivity index is 1.84. The summed E-state index contributed by atoms with van der Waals surface area (Å²) in [7, 11) is 0. The Labute approximate surface area is 151 Å². The molecule has 5 heteroatoms. The molecule has 0 aliphatic heterocycles. The van der Waals surface area contributed by atoms with Crippen LogP contribution in [-0.4, -0.2) is 21.5 Å². The van der Waals surface area contributed by atoms with Gasteiger partial charge in [0.1, 0.15) is 5.78 Å². The van der Waals surface area contributed by atoms with Gasteiger partial charge >= 0.3 is 0 Å². The fraction of sp³-hybridized carbons (Fsp3) is 0.238. The third-order valence-corrected chi connectivity index (χ3v) is 4.25. The molecular weight excluding hydrogens is 328 g/mol. The maximum Gasteiger partial charge on any atom is 0.266 e. The molecule has 0 saturated heterocycles. The highest BCUT2D eigenvalue weighted by Crippen LogP contribution is 2.19. The number of Topliss-reactive ketones (excluding diaryl/α,β-unsaturated/α-hetero) is 1.